The first-order valence-electron chi connectivity index (χ1n) is 4.29. The van der Waals surface area contributed by atoms with Crippen LogP contribution >= 0.6 is 24.4 Å². The molecule has 0 heterocycles. The molecule has 2 N–H and O–H groups in total. The predicted octanol–water partition coefficient (Wildman–Crippen LogP) is 2.52. The lowest BCUT2D eigenvalue weighted by Gasteiger charge is -2.13. The van der Waals surface area contributed by atoms with Crippen LogP contribution in [0.3, 0.4) is 0 Å². The summed E-state index contributed by atoms with van der Waals surface area (Å²) in [7, 11) is 0. The summed E-state index contributed by atoms with van der Waals surface area (Å²) >= 11 is 6.03. The maximum absolute atomic E-state index is 5.85. The van der Waals surface area contributed by atoms with Crippen molar-refractivity contribution in [2.45, 2.75) is 23.3 Å². The van der Waals surface area contributed by atoms with E-state index in [0.717, 1.165) is 5.75 Å². The molecule has 1 rings (SSSR count). The smallest absolute Gasteiger partial charge is 0.0625 e. The Morgan fingerprint density at radius 3 is 2.54 bits per heavy atom. The molecule has 2 atom stereocenters. The maximum Gasteiger partial charge on any atom is 0.0625 e. The second-order valence-corrected chi connectivity index (χ2v) is 4.98. The minimum atomic E-state index is 0.114. The van der Waals surface area contributed by atoms with E-state index in [4.69, 9.17) is 5.73 Å². The minimum Gasteiger partial charge on any atom is -0.318 e. The maximum atomic E-state index is 5.85. The van der Waals surface area contributed by atoms with Crippen LogP contribution in [0.25, 0.3) is 0 Å². The molecular formula is C10H15NS2. The number of benzene rings is 1. The Morgan fingerprint density at radius 1 is 1.38 bits per heavy atom. The van der Waals surface area contributed by atoms with Gasteiger partial charge < -0.3 is 5.73 Å². The summed E-state index contributed by atoms with van der Waals surface area (Å²) in [6.07, 6.45) is 0. The molecule has 13 heavy (non-hydrogen) atoms. The van der Waals surface area contributed by atoms with Crippen LogP contribution < -0.4 is 5.73 Å². The molecule has 2 unspecified atom stereocenters. The molecule has 0 fully saturated rings. The average Bonchev–Trinajstić information content (AvgIpc) is 2.15. The molecule has 72 valence electrons. The Hall–Kier alpha value is -0.120. The largest absolute Gasteiger partial charge is 0.318 e. The summed E-state index contributed by atoms with van der Waals surface area (Å²) in [5.74, 6) is 0.965. The Balaban J connectivity index is 2.35. The second-order valence-electron chi connectivity index (χ2n) is 3.00. The van der Waals surface area contributed by atoms with Gasteiger partial charge in [0.25, 0.3) is 0 Å². The van der Waals surface area contributed by atoms with Crippen molar-refractivity contribution >= 4 is 24.4 Å². The van der Waals surface area contributed by atoms with E-state index >= 15 is 0 Å². The van der Waals surface area contributed by atoms with E-state index in [1.165, 1.54) is 5.56 Å². The van der Waals surface area contributed by atoms with E-state index in [-0.39, 0.29) is 10.6 Å². The standard InChI is InChI=1S/C10H15NS2/c1-8(12)10(11)13-7-9-5-3-2-4-6-9/h2-6,8,10,12H,7,11H2,1H3. The normalized spacial score (nSPS) is 15.3. The number of nitrogens with two attached hydrogens (primary N) is 1. The molecule has 0 radical (unpaired) electrons. The topological polar surface area (TPSA) is 26.0 Å². The molecule has 0 amide bonds. The molecule has 0 saturated heterocycles. The second kappa shape index (κ2) is 5.58. The summed E-state index contributed by atoms with van der Waals surface area (Å²) in [4.78, 5) is 0. The van der Waals surface area contributed by atoms with E-state index in [9.17, 15) is 0 Å². The van der Waals surface area contributed by atoms with Gasteiger partial charge in [0.05, 0.1) is 5.37 Å². The highest BCUT2D eigenvalue weighted by atomic mass is 32.2. The molecule has 0 aliphatic rings. The molecule has 1 aromatic carbocycles. The summed E-state index contributed by atoms with van der Waals surface area (Å²) in [5.41, 5.74) is 7.17. The Bertz CT molecular complexity index is 236. The Morgan fingerprint density at radius 2 is 2.00 bits per heavy atom. The van der Waals surface area contributed by atoms with Gasteiger partial charge in [0, 0.05) is 11.0 Å². The van der Waals surface area contributed by atoms with Crippen molar-refractivity contribution in [3.05, 3.63) is 35.9 Å². The van der Waals surface area contributed by atoms with Gasteiger partial charge in [-0.05, 0) is 5.56 Å². The third-order valence-corrected chi connectivity index (χ3v) is 3.58. The van der Waals surface area contributed by atoms with Crippen LogP contribution in [0.4, 0.5) is 0 Å². The van der Waals surface area contributed by atoms with Gasteiger partial charge >= 0.3 is 0 Å². The van der Waals surface area contributed by atoms with E-state index in [1.54, 1.807) is 11.8 Å². The zero-order valence-electron chi connectivity index (χ0n) is 7.68. The lowest BCUT2D eigenvalue weighted by molar-refractivity contribution is 0.893. The lowest BCUT2D eigenvalue weighted by Crippen LogP contribution is -2.24. The molecule has 0 aromatic heterocycles. The number of rotatable bonds is 4. The summed E-state index contributed by atoms with van der Waals surface area (Å²) in [6, 6.07) is 10.3. The molecule has 0 saturated carbocycles. The van der Waals surface area contributed by atoms with Gasteiger partial charge in [-0.1, -0.05) is 37.3 Å². The van der Waals surface area contributed by atoms with Crippen molar-refractivity contribution in [1.82, 2.24) is 0 Å². The van der Waals surface area contributed by atoms with Gasteiger partial charge in [0.1, 0.15) is 0 Å². The van der Waals surface area contributed by atoms with Crippen molar-refractivity contribution in [1.29, 1.82) is 0 Å². The van der Waals surface area contributed by atoms with Crippen LogP contribution in [0.1, 0.15) is 12.5 Å². The first-order chi connectivity index (χ1) is 6.20. The quantitative estimate of drug-likeness (QED) is 0.594. The minimum absolute atomic E-state index is 0.114. The lowest BCUT2D eigenvalue weighted by atomic mass is 10.2. The van der Waals surface area contributed by atoms with E-state index in [1.807, 2.05) is 25.1 Å². The van der Waals surface area contributed by atoms with Gasteiger partial charge in [0.2, 0.25) is 0 Å². The summed E-state index contributed by atoms with van der Waals surface area (Å²) in [5, 5.41) is 0.359. The van der Waals surface area contributed by atoms with Crippen LogP contribution in [0.2, 0.25) is 0 Å². The molecule has 3 heteroatoms. The van der Waals surface area contributed by atoms with Gasteiger partial charge in [0.15, 0.2) is 0 Å². The van der Waals surface area contributed by atoms with Crippen LogP contribution in [-0.2, 0) is 5.75 Å². The summed E-state index contributed by atoms with van der Waals surface area (Å²) in [6.45, 7) is 2.02. The number of thioether (sulfide) groups is 1. The first-order valence-corrected chi connectivity index (χ1v) is 5.86. The molecule has 0 aliphatic carbocycles. The number of thiol groups is 1. The average molecular weight is 213 g/mol. The number of hydrogen-bond donors (Lipinski definition) is 2. The van der Waals surface area contributed by atoms with Crippen LogP contribution in [0.15, 0.2) is 30.3 Å². The van der Waals surface area contributed by atoms with E-state index in [0.29, 0.717) is 0 Å². The molecular weight excluding hydrogens is 198 g/mol. The van der Waals surface area contributed by atoms with Crippen LogP contribution in [0, 0.1) is 0 Å². The molecule has 1 nitrogen and oxygen atoms in total. The van der Waals surface area contributed by atoms with E-state index in [2.05, 4.69) is 24.8 Å². The van der Waals surface area contributed by atoms with Crippen molar-refractivity contribution in [3.63, 3.8) is 0 Å². The van der Waals surface area contributed by atoms with Crippen molar-refractivity contribution in [3.8, 4) is 0 Å². The Labute approximate surface area is 89.5 Å². The number of hydrogen-bond acceptors (Lipinski definition) is 3. The zero-order valence-corrected chi connectivity index (χ0v) is 9.39. The van der Waals surface area contributed by atoms with Crippen molar-refractivity contribution in [2.24, 2.45) is 5.73 Å². The van der Waals surface area contributed by atoms with Gasteiger partial charge in [-0.25, -0.2) is 0 Å². The summed E-state index contributed by atoms with van der Waals surface area (Å²) < 4.78 is 0. The Kier molecular flexibility index (Phi) is 4.70. The molecule has 0 aliphatic heterocycles. The first kappa shape index (κ1) is 11.0. The van der Waals surface area contributed by atoms with Crippen LogP contribution in [-0.4, -0.2) is 10.6 Å². The molecule has 1 aromatic rings. The van der Waals surface area contributed by atoms with Crippen LogP contribution in [0.5, 0.6) is 0 Å². The fourth-order valence-electron chi connectivity index (χ4n) is 0.906. The van der Waals surface area contributed by atoms with Crippen molar-refractivity contribution < 1.29 is 0 Å². The SMILES string of the molecule is CC(S)C(N)SCc1ccccc1. The zero-order chi connectivity index (χ0) is 9.68. The third kappa shape index (κ3) is 4.07. The highest BCUT2D eigenvalue weighted by molar-refractivity contribution is 7.99. The van der Waals surface area contributed by atoms with Gasteiger partial charge in [-0.15, -0.1) is 11.8 Å². The highest BCUT2D eigenvalue weighted by Gasteiger charge is 2.07. The predicted molar refractivity (Wildman–Crippen MR) is 64.2 cm³/mol. The van der Waals surface area contributed by atoms with Gasteiger partial charge in [-0.2, -0.15) is 12.6 Å². The fraction of sp³-hybridized carbons (Fsp3) is 0.400. The fourth-order valence-corrected chi connectivity index (χ4v) is 2.02. The van der Waals surface area contributed by atoms with E-state index < -0.39 is 0 Å². The molecule has 0 spiro atoms. The highest BCUT2D eigenvalue weighted by Crippen LogP contribution is 2.18. The molecule has 0 bridgehead atoms. The monoisotopic (exact) mass is 213 g/mol. The third-order valence-electron chi connectivity index (χ3n) is 1.76. The van der Waals surface area contributed by atoms with Gasteiger partial charge in [-0.3, -0.25) is 0 Å². The van der Waals surface area contributed by atoms with Crippen molar-refractivity contribution in [2.75, 3.05) is 0 Å².